The molecule has 4 aromatic heterocycles. The predicted molar refractivity (Wildman–Crippen MR) is 94.1 cm³/mol. The van der Waals surface area contributed by atoms with Gasteiger partial charge in [-0.1, -0.05) is 13.0 Å². The van der Waals surface area contributed by atoms with Crippen LogP contribution in [-0.4, -0.2) is 19.7 Å². The highest BCUT2D eigenvalue weighted by molar-refractivity contribution is 7.22. The summed E-state index contributed by atoms with van der Waals surface area (Å²) in [5.41, 5.74) is 3.14. The van der Waals surface area contributed by atoms with E-state index in [1.165, 1.54) is 15.0 Å². The van der Waals surface area contributed by atoms with Crippen LogP contribution >= 0.6 is 11.3 Å². The average molecular weight is 320 g/mol. The minimum Gasteiger partial charge on any atom is -0.263 e. The molecule has 4 nitrogen and oxygen atoms in total. The molecule has 114 valence electrons. The molecule has 4 rings (SSSR count). The van der Waals surface area contributed by atoms with Crippen molar-refractivity contribution in [1.82, 2.24) is 19.7 Å². The number of hydrogen-bond acceptors (Lipinski definition) is 4. The van der Waals surface area contributed by atoms with E-state index in [1.54, 1.807) is 11.3 Å². The second kappa shape index (κ2) is 5.59. The lowest BCUT2D eigenvalue weighted by Gasteiger charge is -2.05. The largest absolute Gasteiger partial charge is 0.263 e. The Morgan fingerprint density at radius 2 is 2.09 bits per heavy atom. The molecule has 0 aliphatic carbocycles. The van der Waals surface area contributed by atoms with Gasteiger partial charge in [0.05, 0.1) is 21.0 Å². The Bertz CT molecular complexity index is 951. The zero-order chi connectivity index (χ0) is 15.8. The lowest BCUT2D eigenvalue weighted by atomic mass is 10.2. The van der Waals surface area contributed by atoms with E-state index >= 15 is 0 Å². The molecule has 0 saturated heterocycles. The van der Waals surface area contributed by atoms with Crippen molar-refractivity contribution >= 4 is 21.4 Å². The maximum Gasteiger partial charge on any atom is 0.154 e. The molecule has 0 atom stereocenters. The van der Waals surface area contributed by atoms with Gasteiger partial charge in [0.2, 0.25) is 0 Å². The Morgan fingerprint density at radius 3 is 2.87 bits per heavy atom. The summed E-state index contributed by atoms with van der Waals surface area (Å²) in [6, 6.07) is 12.4. The SMILES string of the molecule is CCc1cc(-c2cc3ccncc3s2)n(-c2cccc(C)n2)n1. The van der Waals surface area contributed by atoms with Crippen LogP contribution in [0.3, 0.4) is 0 Å². The number of pyridine rings is 2. The van der Waals surface area contributed by atoms with Crippen molar-refractivity contribution in [2.45, 2.75) is 20.3 Å². The quantitative estimate of drug-likeness (QED) is 0.561. The van der Waals surface area contributed by atoms with Crippen molar-refractivity contribution in [3.05, 3.63) is 60.2 Å². The Morgan fingerprint density at radius 1 is 1.17 bits per heavy atom. The normalized spacial score (nSPS) is 11.2. The monoisotopic (exact) mass is 320 g/mol. The lowest BCUT2D eigenvalue weighted by Crippen LogP contribution is -2.02. The van der Waals surface area contributed by atoms with E-state index in [9.17, 15) is 0 Å². The number of aromatic nitrogens is 4. The molecule has 0 bridgehead atoms. The Balaban J connectivity index is 1.92. The second-order valence-electron chi connectivity index (χ2n) is 5.45. The first-order chi connectivity index (χ1) is 11.2. The minimum atomic E-state index is 0.857. The molecule has 0 aliphatic rings. The summed E-state index contributed by atoms with van der Waals surface area (Å²) in [6.07, 6.45) is 4.64. The van der Waals surface area contributed by atoms with Crippen molar-refractivity contribution in [1.29, 1.82) is 0 Å². The topological polar surface area (TPSA) is 43.6 Å². The Labute approximate surface area is 138 Å². The number of aryl methyl sites for hydroxylation is 2. The molecular weight excluding hydrogens is 304 g/mol. The molecule has 4 heterocycles. The van der Waals surface area contributed by atoms with Crippen molar-refractivity contribution in [2.75, 3.05) is 0 Å². The van der Waals surface area contributed by atoms with Gasteiger partial charge in [-0.2, -0.15) is 5.10 Å². The van der Waals surface area contributed by atoms with Gasteiger partial charge >= 0.3 is 0 Å². The van der Waals surface area contributed by atoms with Crippen LogP contribution in [0.1, 0.15) is 18.3 Å². The molecule has 23 heavy (non-hydrogen) atoms. The van der Waals surface area contributed by atoms with Gasteiger partial charge in [-0.15, -0.1) is 11.3 Å². The van der Waals surface area contributed by atoms with Crippen molar-refractivity contribution in [3.63, 3.8) is 0 Å². The zero-order valence-corrected chi connectivity index (χ0v) is 13.8. The number of rotatable bonds is 3. The van der Waals surface area contributed by atoms with E-state index < -0.39 is 0 Å². The highest BCUT2D eigenvalue weighted by Gasteiger charge is 2.14. The molecular formula is C18H16N4S. The molecule has 4 aromatic rings. The smallest absolute Gasteiger partial charge is 0.154 e. The van der Waals surface area contributed by atoms with E-state index in [0.717, 1.165) is 29.3 Å². The summed E-state index contributed by atoms with van der Waals surface area (Å²) in [5, 5.41) is 5.94. The maximum atomic E-state index is 4.73. The fourth-order valence-electron chi connectivity index (χ4n) is 2.61. The van der Waals surface area contributed by atoms with Gasteiger partial charge in [0, 0.05) is 18.1 Å². The fraction of sp³-hybridized carbons (Fsp3) is 0.167. The Kier molecular flexibility index (Phi) is 3.42. The van der Waals surface area contributed by atoms with E-state index in [4.69, 9.17) is 5.10 Å². The third kappa shape index (κ3) is 2.53. The van der Waals surface area contributed by atoms with Crippen LogP contribution in [0.5, 0.6) is 0 Å². The summed E-state index contributed by atoms with van der Waals surface area (Å²) in [7, 11) is 0. The van der Waals surface area contributed by atoms with Gasteiger partial charge in [0.15, 0.2) is 5.82 Å². The molecule has 0 N–H and O–H groups in total. The molecule has 0 saturated carbocycles. The standard InChI is InChI=1S/C18H16N4S/c1-3-14-10-15(16-9-13-7-8-19-11-17(13)23-16)22(21-14)18-6-4-5-12(2)20-18/h4-11H,3H2,1-2H3. The van der Waals surface area contributed by atoms with Crippen LogP contribution < -0.4 is 0 Å². The van der Waals surface area contributed by atoms with Gasteiger partial charge in [-0.3, -0.25) is 4.98 Å². The van der Waals surface area contributed by atoms with Crippen LogP contribution in [0.4, 0.5) is 0 Å². The van der Waals surface area contributed by atoms with E-state index in [1.807, 2.05) is 48.3 Å². The van der Waals surface area contributed by atoms with Crippen LogP contribution in [0.2, 0.25) is 0 Å². The summed E-state index contributed by atoms with van der Waals surface area (Å²) >= 11 is 1.74. The first kappa shape index (κ1) is 14.1. The zero-order valence-electron chi connectivity index (χ0n) is 13.0. The first-order valence-corrected chi connectivity index (χ1v) is 8.43. The molecule has 0 spiro atoms. The van der Waals surface area contributed by atoms with Crippen molar-refractivity contribution in [3.8, 4) is 16.4 Å². The lowest BCUT2D eigenvalue weighted by molar-refractivity contribution is 0.818. The van der Waals surface area contributed by atoms with E-state index in [-0.39, 0.29) is 0 Å². The van der Waals surface area contributed by atoms with E-state index in [2.05, 4.69) is 29.0 Å². The molecule has 5 heteroatoms. The summed E-state index contributed by atoms with van der Waals surface area (Å²) < 4.78 is 3.13. The Hall–Kier alpha value is -2.53. The number of thiophene rings is 1. The molecule has 0 unspecified atom stereocenters. The van der Waals surface area contributed by atoms with Gasteiger partial charge in [-0.05, 0) is 49.1 Å². The number of hydrogen-bond donors (Lipinski definition) is 0. The summed E-state index contributed by atoms with van der Waals surface area (Å²) in [5.74, 6) is 0.857. The third-order valence-corrected chi connectivity index (χ3v) is 4.90. The van der Waals surface area contributed by atoms with Crippen LogP contribution in [0, 0.1) is 6.92 Å². The summed E-state index contributed by atoms with van der Waals surface area (Å²) in [6.45, 7) is 4.12. The summed E-state index contributed by atoms with van der Waals surface area (Å²) in [4.78, 5) is 10.0. The third-order valence-electron chi connectivity index (χ3n) is 3.79. The molecule has 0 fully saturated rings. The molecule has 0 amide bonds. The van der Waals surface area contributed by atoms with Crippen LogP contribution in [0.25, 0.3) is 26.5 Å². The highest BCUT2D eigenvalue weighted by atomic mass is 32.1. The predicted octanol–water partition coefficient (Wildman–Crippen LogP) is 4.41. The molecule has 0 radical (unpaired) electrons. The van der Waals surface area contributed by atoms with E-state index in [0.29, 0.717) is 0 Å². The average Bonchev–Trinajstić information content (AvgIpc) is 3.18. The van der Waals surface area contributed by atoms with Gasteiger partial charge in [0.1, 0.15) is 0 Å². The first-order valence-electron chi connectivity index (χ1n) is 7.61. The number of nitrogens with zero attached hydrogens (tertiary/aromatic N) is 4. The second-order valence-corrected chi connectivity index (χ2v) is 6.53. The number of fused-ring (bicyclic) bond motifs is 1. The van der Waals surface area contributed by atoms with Gasteiger partial charge in [0.25, 0.3) is 0 Å². The molecule has 0 aliphatic heterocycles. The fourth-order valence-corrected chi connectivity index (χ4v) is 3.64. The minimum absolute atomic E-state index is 0.857. The highest BCUT2D eigenvalue weighted by Crippen LogP contribution is 2.34. The maximum absolute atomic E-state index is 4.73. The molecule has 0 aromatic carbocycles. The van der Waals surface area contributed by atoms with Crippen LogP contribution in [0.15, 0.2) is 48.8 Å². The van der Waals surface area contributed by atoms with Gasteiger partial charge < -0.3 is 0 Å². The van der Waals surface area contributed by atoms with Gasteiger partial charge in [-0.25, -0.2) is 9.67 Å². The van der Waals surface area contributed by atoms with Crippen LogP contribution in [-0.2, 0) is 6.42 Å². The van der Waals surface area contributed by atoms with Crippen molar-refractivity contribution in [2.24, 2.45) is 0 Å². The van der Waals surface area contributed by atoms with Crippen molar-refractivity contribution < 1.29 is 0 Å².